The van der Waals surface area contributed by atoms with Crippen molar-refractivity contribution in [3.63, 3.8) is 0 Å². The predicted octanol–water partition coefficient (Wildman–Crippen LogP) is 2.15. The number of hydrogen-bond donors (Lipinski definition) is 1. The molecule has 2 aromatic rings. The Labute approximate surface area is 120 Å². The van der Waals surface area contributed by atoms with E-state index >= 15 is 0 Å². The molecule has 3 rings (SSSR count). The molecule has 7 heteroatoms. The van der Waals surface area contributed by atoms with Gasteiger partial charge in [0.25, 0.3) is 0 Å². The van der Waals surface area contributed by atoms with Crippen molar-refractivity contribution < 1.29 is 18.3 Å². The first-order valence-electron chi connectivity index (χ1n) is 5.87. The molecule has 2 heterocycles. The Morgan fingerprint density at radius 3 is 2.30 bits per heavy atom. The highest BCUT2D eigenvalue weighted by atomic mass is 32.2. The highest BCUT2D eigenvalue weighted by molar-refractivity contribution is 7.89. The summed E-state index contributed by atoms with van der Waals surface area (Å²) in [5.74, 6) is -1.11. The van der Waals surface area contributed by atoms with Crippen LogP contribution >= 0.6 is 11.3 Å². The van der Waals surface area contributed by atoms with Crippen molar-refractivity contribution in [1.82, 2.24) is 4.31 Å². The predicted molar refractivity (Wildman–Crippen MR) is 74.2 cm³/mol. The average Bonchev–Trinajstić information content (AvgIpc) is 3.06. The number of carbonyl (C=O) groups is 1. The zero-order chi connectivity index (χ0) is 14.3. The third kappa shape index (κ3) is 2.13. The van der Waals surface area contributed by atoms with Crippen LogP contribution in [0.2, 0.25) is 0 Å². The van der Waals surface area contributed by atoms with E-state index in [4.69, 9.17) is 5.11 Å². The Hall–Kier alpha value is -1.70. The zero-order valence-electron chi connectivity index (χ0n) is 10.3. The second-order valence-corrected chi connectivity index (χ2v) is 7.34. The maximum Gasteiger partial charge on any atom is 0.345 e. The number of rotatable bonds is 3. The van der Waals surface area contributed by atoms with Gasteiger partial charge >= 0.3 is 5.97 Å². The molecular formula is C13H11NO4S2. The van der Waals surface area contributed by atoms with Crippen molar-refractivity contribution >= 4 is 27.3 Å². The molecule has 1 aliphatic heterocycles. The van der Waals surface area contributed by atoms with Crippen LogP contribution in [0.3, 0.4) is 0 Å². The number of aromatic carboxylic acids is 1. The second kappa shape index (κ2) is 4.69. The molecular weight excluding hydrogens is 298 g/mol. The van der Waals surface area contributed by atoms with Gasteiger partial charge in [0.2, 0.25) is 10.0 Å². The van der Waals surface area contributed by atoms with Crippen molar-refractivity contribution in [2.45, 2.75) is 18.0 Å². The molecule has 1 aromatic heterocycles. The lowest BCUT2D eigenvalue weighted by atomic mass is 10.1. The average molecular weight is 309 g/mol. The molecule has 1 aliphatic rings. The Morgan fingerprint density at radius 1 is 1.20 bits per heavy atom. The number of fused-ring (bicyclic) bond motifs is 1. The van der Waals surface area contributed by atoms with Gasteiger partial charge in [0.05, 0.1) is 4.90 Å². The van der Waals surface area contributed by atoms with Crippen LogP contribution in [-0.4, -0.2) is 23.8 Å². The fourth-order valence-corrected chi connectivity index (χ4v) is 4.68. The molecule has 0 saturated carbocycles. The molecule has 104 valence electrons. The van der Waals surface area contributed by atoms with Gasteiger partial charge < -0.3 is 5.11 Å². The summed E-state index contributed by atoms with van der Waals surface area (Å²) in [6, 6.07) is 8.78. The first-order chi connectivity index (χ1) is 9.48. The van der Waals surface area contributed by atoms with E-state index in [1.54, 1.807) is 0 Å². The van der Waals surface area contributed by atoms with Gasteiger partial charge in [0.15, 0.2) is 0 Å². The van der Waals surface area contributed by atoms with E-state index < -0.39 is 16.0 Å². The van der Waals surface area contributed by atoms with Crippen molar-refractivity contribution in [2.24, 2.45) is 0 Å². The van der Waals surface area contributed by atoms with Crippen LogP contribution in [0, 0.1) is 0 Å². The van der Waals surface area contributed by atoms with Crippen LogP contribution in [0.1, 0.15) is 20.8 Å². The van der Waals surface area contributed by atoms with E-state index in [0.717, 1.165) is 22.5 Å². The van der Waals surface area contributed by atoms with Gasteiger partial charge in [0, 0.05) is 18.5 Å². The molecule has 5 nitrogen and oxygen atoms in total. The lowest BCUT2D eigenvalue weighted by molar-refractivity contribution is 0.0702. The Morgan fingerprint density at radius 2 is 1.80 bits per heavy atom. The minimum Gasteiger partial charge on any atom is -0.477 e. The quantitative estimate of drug-likeness (QED) is 0.942. The zero-order valence-corrected chi connectivity index (χ0v) is 11.9. The Kier molecular flexibility index (Phi) is 3.12. The molecule has 20 heavy (non-hydrogen) atoms. The van der Waals surface area contributed by atoms with E-state index in [0.29, 0.717) is 13.1 Å². The minimum absolute atomic E-state index is 0.0280. The van der Waals surface area contributed by atoms with Gasteiger partial charge in [-0.1, -0.05) is 24.3 Å². The van der Waals surface area contributed by atoms with Crippen LogP contribution in [0.25, 0.3) is 0 Å². The van der Waals surface area contributed by atoms with Crippen molar-refractivity contribution in [2.75, 3.05) is 0 Å². The van der Waals surface area contributed by atoms with Crippen LogP contribution in [0.5, 0.6) is 0 Å². The molecule has 0 radical (unpaired) electrons. The number of benzene rings is 1. The van der Waals surface area contributed by atoms with Crippen molar-refractivity contribution in [3.05, 3.63) is 51.7 Å². The summed E-state index contributed by atoms with van der Waals surface area (Å²) in [7, 11) is -3.64. The molecule has 1 N–H and O–H groups in total. The van der Waals surface area contributed by atoms with E-state index in [-0.39, 0.29) is 9.77 Å². The van der Waals surface area contributed by atoms with E-state index in [1.165, 1.54) is 15.8 Å². The number of sulfonamides is 1. The summed E-state index contributed by atoms with van der Waals surface area (Å²) in [5, 5.41) is 10.2. The summed E-state index contributed by atoms with van der Waals surface area (Å²) in [5.41, 5.74) is 1.98. The number of carboxylic acid groups (broad SMARTS) is 1. The van der Waals surface area contributed by atoms with Crippen LogP contribution in [0.15, 0.2) is 40.6 Å². The minimum atomic E-state index is -3.64. The summed E-state index contributed by atoms with van der Waals surface area (Å²) < 4.78 is 26.3. The van der Waals surface area contributed by atoms with Crippen LogP contribution in [-0.2, 0) is 23.1 Å². The second-order valence-electron chi connectivity index (χ2n) is 4.49. The van der Waals surface area contributed by atoms with Crippen molar-refractivity contribution in [1.29, 1.82) is 0 Å². The number of nitrogens with zero attached hydrogens (tertiary/aromatic N) is 1. The summed E-state index contributed by atoms with van der Waals surface area (Å²) in [4.78, 5) is 10.9. The smallest absolute Gasteiger partial charge is 0.345 e. The van der Waals surface area contributed by atoms with E-state index in [2.05, 4.69) is 0 Å². The van der Waals surface area contributed by atoms with Gasteiger partial charge in [-0.2, -0.15) is 4.31 Å². The lowest BCUT2D eigenvalue weighted by Crippen LogP contribution is -2.25. The molecule has 0 saturated heterocycles. The SMILES string of the molecule is O=C(O)c1cc(S(=O)(=O)N2Cc3ccccc3C2)cs1. The van der Waals surface area contributed by atoms with Gasteiger partial charge in [-0.3, -0.25) is 0 Å². The lowest BCUT2D eigenvalue weighted by Gasteiger charge is -2.14. The molecule has 0 spiro atoms. The largest absolute Gasteiger partial charge is 0.477 e. The molecule has 0 aliphatic carbocycles. The summed E-state index contributed by atoms with van der Waals surface area (Å²) >= 11 is 0.922. The van der Waals surface area contributed by atoms with E-state index in [9.17, 15) is 13.2 Å². The fraction of sp³-hybridized carbons (Fsp3) is 0.154. The number of thiophene rings is 1. The fourth-order valence-electron chi connectivity index (χ4n) is 2.19. The van der Waals surface area contributed by atoms with E-state index in [1.807, 2.05) is 24.3 Å². The maximum absolute atomic E-state index is 12.5. The maximum atomic E-state index is 12.5. The Bertz CT molecular complexity index is 754. The molecule has 0 fully saturated rings. The number of hydrogen-bond acceptors (Lipinski definition) is 4. The van der Waals surface area contributed by atoms with Gasteiger partial charge in [-0.15, -0.1) is 11.3 Å². The normalized spacial score (nSPS) is 15.2. The Balaban J connectivity index is 1.92. The highest BCUT2D eigenvalue weighted by Crippen LogP contribution is 2.30. The molecule has 0 atom stereocenters. The molecule has 0 unspecified atom stereocenters. The van der Waals surface area contributed by atoms with Crippen LogP contribution < -0.4 is 0 Å². The first-order valence-corrected chi connectivity index (χ1v) is 8.19. The third-order valence-electron chi connectivity index (χ3n) is 3.24. The monoisotopic (exact) mass is 309 g/mol. The first kappa shape index (κ1) is 13.3. The molecule has 0 amide bonds. The van der Waals surface area contributed by atoms with Crippen LogP contribution in [0.4, 0.5) is 0 Å². The third-order valence-corrected chi connectivity index (χ3v) is 6.07. The highest BCUT2D eigenvalue weighted by Gasteiger charge is 2.31. The molecule has 0 bridgehead atoms. The molecule has 1 aromatic carbocycles. The summed E-state index contributed by atoms with van der Waals surface area (Å²) in [6.07, 6.45) is 0. The summed E-state index contributed by atoms with van der Waals surface area (Å²) in [6.45, 7) is 0.660. The number of carboxylic acids is 1. The standard InChI is InChI=1S/C13H11NO4S2/c15-13(16)12-5-11(8-19-12)20(17,18)14-6-9-3-1-2-4-10(9)7-14/h1-5,8H,6-7H2,(H,15,16). The topological polar surface area (TPSA) is 74.7 Å². The van der Waals surface area contributed by atoms with Gasteiger partial charge in [0.1, 0.15) is 4.88 Å². The van der Waals surface area contributed by atoms with Gasteiger partial charge in [-0.25, -0.2) is 13.2 Å². The van der Waals surface area contributed by atoms with Gasteiger partial charge in [-0.05, 0) is 17.2 Å². The van der Waals surface area contributed by atoms with Crippen molar-refractivity contribution in [3.8, 4) is 0 Å².